The highest BCUT2D eigenvalue weighted by Gasteiger charge is 2.32. The molecule has 0 bridgehead atoms. The first-order valence-electron chi connectivity index (χ1n) is 8.91. The lowest BCUT2D eigenvalue weighted by Gasteiger charge is -2.29. The summed E-state index contributed by atoms with van der Waals surface area (Å²) in [4.78, 5) is 14.7. The quantitative estimate of drug-likeness (QED) is 0.897. The molecule has 24 heavy (non-hydrogen) atoms. The summed E-state index contributed by atoms with van der Waals surface area (Å²) >= 11 is 0. The number of hydrogen-bond donors (Lipinski definition) is 1. The minimum atomic E-state index is 0.311. The average Bonchev–Trinajstić information content (AvgIpc) is 2.77. The summed E-state index contributed by atoms with van der Waals surface area (Å²) in [7, 11) is 3.31. The van der Waals surface area contributed by atoms with E-state index >= 15 is 0 Å². The Morgan fingerprint density at radius 2 is 2.08 bits per heavy atom. The number of methoxy groups -OCH3 is 2. The van der Waals surface area contributed by atoms with Crippen LogP contribution in [0.2, 0.25) is 0 Å². The third-order valence-electron chi connectivity index (χ3n) is 5.46. The van der Waals surface area contributed by atoms with Crippen LogP contribution in [-0.2, 0) is 11.2 Å². The molecular formula is C19H28N2O3. The third-order valence-corrected chi connectivity index (χ3v) is 5.46. The number of nitrogens with zero attached hydrogens (tertiary/aromatic N) is 1. The summed E-state index contributed by atoms with van der Waals surface area (Å²) in [5.74, 6) is 3.05. The van der Waals surface area contributed by atoms with Crippen molar-refractivity contribution in [2.24, 2.45) is 11.8 Å². The second-order valence-corrected chi connectivity index (χ2v) is 6.79. The van der Waals surface area contributed by atoms with Crippen LogP contribution in [0.4, 0.5) is 0 Å². The predicted octanol–water partition coefficient (Wildman–Crippen LogP) is 2.09. The molecule has 2 fully saturated rings. The average molecular weight is 332 g/mol. The first-order chi connectivity index (χ1) is 11.7. The zero-order chi connectivity index (χ0) is 16.9. The van der Waals surface area contributed by atoms with Crippen molar-refractivity contribution in [2.75, 3.05) is 40.4 Å². The molecule has 1 amide bonds. The lowest BCUT2D eigenvalue weighted by Crippen LogP contribution is -2.36. The number of fused-ring (bicyclic) bond motifs is 1. The van der Waals surface area contributed by atoms with Crippen molar-refractivity contribution in [3.63, 3.8) is 0 Å². The van der Waals surface area contributed by atoms with Gasteiger partial charge in [-0.15, -0.1) is 0 Å². The van der Waals surface area contributed by atoms with Crippen LogP contribution < -0.4 is 14.8 Å². The highest BCUT2D eigenvalue weighted by molar-refractivity contribution is 5.76. The van der Waals surface area contributed by atoms with Crippen LogP contribution in [0.3, 0.4) is 0 Å². The lowest BCUT2D eigenvalue weighted by atomic mass is 9.83. The van der Waals surface area contributed by atoms with E-state index in [2.05, 4.69) is 5.32 Å². The molecule has 3 rings (SSSR count). The van der Waals surface area contributed by atoms with E-state index in [1.807, 2.05) is 23.1 Å². The summed E-state index contributed by atoms with van der Waals surface area (Å²) in [5.41, 5.74) is 1.09. The van der Waals surface area contributed by atoms with Gasteiger partial charge in [-0.05, 0) is 55.8 Å². The number of rotatable bonds is 5. The molecule has 0 spiro atoms. The fraction of sp³-hybridized carbons (Fsp3) is 0.632. The van der Waals surface area contributed by atoms with E-state index in [9.17, 15) is 4.79 Å². The van der Waals surface area contributed by atoms with Crippen molar-refractivity contribution in [1.29, 1.82) is 0 Å². The van der Waals surface area contributed by atoms with Crippen LogP contribution in [0, 0.1) is 11.8 Å². The van der Waals surface area contributed by atoms with Crippen molar-refractivity contribution < 1.29 is 14.3 Å². The van der Waals surface area contributed by atoms with E-state index < -0.39 is 0 Å². The van der Waals surface area contributed by atoms with Crippen LogP contribution in [0.15, 0.2) is 18.2 Å². The Balaban J connectivity index is 1.65. The van der Waals surface area contributed by atoms with Gasteiger partial charge in [-0.2, -0.15) is 0 Å². The van der Waals surface area contributed by atoms with Crippen LogP contribution in [0.25, 0.3) is 0 Å². The predicted molar refractivity (Wildman–Crippen MR) is 93.5 cm³/mol. The summed E-state index contributed by atoms with van der Waals surface area (Å²) < 4.78 is 10.9. The van der Waals surface area contributed by atoms with Gasteiger partial charge in [0.05, 0.1) is 14.2 Å². The van der Waals surface area contributed by atoms with Crippen LogP contribution >= 0.6 is 0 Å². The Morgan fingerprint density at radius 3 is 2.88 bits per heavy atom. The molecule has 5 nitrogen and oxygen atoms in total. The molecule has 5 heteroatoms. The molecule has 132 valence electrons. The molecule has 1 N–H and O–H groups in total. The molecule has 0 aliphatic carbocycles. The first kappa shape index (κ1) is 17.1. The molecule has 2 aliphatic heterocycles. The van der Waals surface area contributed by atoms with E-state index in [0.29, 0.717) is 24.2 Å². The number of ether oxygens (including phenoxy) is 2. The number of carbonyl (C=O) groups excluding carboxylic acids is 1. The minimum Gasteiger partial charge on any atom is -0.493 e. The zero-order valence-electron chi connectivity index (χ0n) is 14.7. The Hall–Kier alpha value is -1.75. The van der Waals surface area contributed by atoms with Gasteiger partial charge in [0.15, 0.2) is 11.5 Å². The molecule has 0 unspecified atom stereocenters. The van der Waals surface area contributed by atoms with Gasteiger partial charge in [0, 0.05) is 19.5 Å². The number of para-hydroxylation sites is 1. The SMILES string of the molecule is COc1cccc(CCN2CC[C@@H]3CNCC[C@H]3CC2=O)c1OC. The molecule has 2 aliphatic rings. The number of likely N-dealkylation sites (tertiary alicyclic amines) is 1. The second-order valence-electron chi connectivity index (χ2n) is 6.79. The maximum absolute atomic E-state index is 12.6. The molecule has 2 atom stereocenters. The van der Waals surface area contributed by atoms with Gasteiger partial charge in [-0.25, -0.2) is 0 Å². The normalized spacial score (nSPS) is 24.2. The Labute approximate surface area is 144 Å². The zero-order valence-corrected chi connectivity index (χ0v) is 14.7. The molecule has 0 aromatic heterocycles. The standard InChI is InChI=1S/C19H28N2O3/c1-23-17-5-3-4-14(19(17)24-2)7-10-21-11-8-16-13-20-9-6-15(16)12-18(21)22/h3-5,15-16,20H,6-13H2,1-2H3/t15-,16+/m0/s1. The number of amides is 1. The highest BCUT2D eigenvalue weighted by atomic mass is 16.5. The van der Waals surface area contributed by atoms with E-state index in [4.69, 9.17) is 9.47 Å². The van der Waals surface area contributed by atoms with Gasteiger partial charge in [-0.1, -0.05) is 12.1 Å². The van der Waals surface area contributed by atoms with Crippen molar-refractivity contribution in [1.82, 2.24) is 10.2 Å². The maximum Gasteiger partial charge on any atom is 0.222 e. The van der Waals surface area contributed by atoms with Crippen molar-refractivity contribution in [3.05, 3.63) is 23.8 Å². The highest BCUT2D eigenvalue weighted by Crippen LogP contribution is 2.32. The molecule has 1 aromatic rings. The van der Waals surface area contributed by atoms with Gasteiger partial charge < -0.3 is 19.7 Å². The molecule has 0 saturated carbocycles. The maximum atomic E-state index is 12.6. The number of nitrogens with one attached hydrogen (secondary N) is 1. The molecule has 2 heterocycles. The molecule has 2 saturated heterocycles. The Bertz CT molecular complexity index is 576. The number of carbonyl (C=O) groups is 1. The van der Waals surface area contributed by atoms with E-state index in [-0.39, 0.29) is 0 Å². The number of piperidine rings is 1. The number of hydrogen-bond acceptors (Lipinski definition) is 4. The van der Waals surface area contributed by atoms with Crippen molar-refractivity contribution in [2.45, 2.75) is 25.7 Å². The smallest absolute Gasteiger partial charge is 0.222 e. The summed E-state index contributed by atoms with van der Waals surface area (Å²) in [6.45, 7) is 3.73. The monoisotopic (exact) mass is 332 g/mol. The lowest BCUT2D eigenvalue weighted by molar-refractivity contribution is -0.131. The van der Waals surface area contributed by atoms with Gasteiger partial charge >= 0.3 is 0 Å². The fourth-order valence-corrected chi connectivity index (χ4v) is 4.03. The second kappa shape index (κ2) is 7.88. The van der Waals surface area contributed by atoms with Crippen molar-refractivity contribution in [3.8, 4) is 11.5 Å². The van der Waals surface area contributed by atoms with E-state index in [0.717, 1.165) is 62.5 Å². The number of benzene rings is 1. The molecule has 0 radical (unpaired) electrons. The Morgan fingerprint density at radius 1 is 1.21 bits per heavy atom. The first-order valence-corrected chi connectivity index (χ1v) is 8.91. The van der Waals surface area contributed by atoms with Gasteiger partial charge in [0.2, 0.25) is 5.91 Å². The van der Waals surface area contributed by atoms with Gasteiger partial charge in [0.1, 0.15) is 0 Å². The van der Waals surface area contributed by atoms with Crippen LogP contribution in [0.5, 0.6) is 11.5 Å². The van der Waals surface area contributed by atoms with Crippen molar-refractivity contribution >= 4 is 5.91 Å². The third kappa shape index (κ3) is 3.66. The van der Waals surface area contributed by atoms with Crippen LogP contribution in [0.1, 0.15) is 24.8 Å². The molecular weight excluding hydrogens is 304 g/mol. The van der Waals surface area contributed by atoms with Gasteiger partial charge in [0.25, 0.3) is 0 Å². The Kier molecular flexibility index (Phi) is 5.61. The van der Waals surface area contributed by atoms with E-state index in [1.165, 1.54) is 0 Å². The largest absolute Gasteiger partial charge is 0.493 e. The van der Waals surface area contributed by atoms with E-state index in [1.54, 1.807) is 14.2 Å². The van der Waals surface area contributed by atoms with Crippen LogP contribution in [-0.4, -0.2) is 51.2 Å². The van der Waals surface area contributed by atoms with Gasteiger partial charge in [-0.3, -0.25) is 4.79 Å². The molecule has 1 aromatic carbocycles. The fourth-order valence-electron chi connectivity index (χ4n) is 4.03. The summed E-state index contributed by atoms with van der Waals surface area (Å²) in [6, 6.07) is 5.92. The minimum absolute atomic E-state index is 0.311. The summed E-state index contributed by atoms with van der Waals surface area (Å²) in [6.07, 6.45) is 3.74. The summed E-state index contributed by atoms with van der Waals surface area (Å²) in [5, 5.41) is 3.47. The topological polar surface area (TPSA) is 50.8 Å².